The highest BCUT2D eigenvalue weighted by molar-refractivity contribution is 5.42. The van der Waals surface area contributed by atoms with Crippen molar-refractivity contribution >= 4 is 0 Å². The molecule has 2 atom stereocenters. The molecule has 1 aromatic rings. The van der Waals surface area contributed by atoms with Gasteiger partial charge in [-0.2, -0.15) is 0 Å². The van der Waals surface area contributed by atoms with Crippen molar-refractivity contribution in [2.75, 3.05) is 20.1 Å². The highest BCUT2D eigenvalue weighted by Gasteiger charge is 2.30. The van der Waals surface area contributed by atoms with Crippen molar-refractivity contribution in [1.29, 1.82) is 0 Å². The van der Waals surface area contributed by atoms with Crippen molar-refractivity contribution in [2.24, 2.45) is 11.7 Å². The lowest BCUT2D eigenvalue weighted by molar-refractivity contribution is 0.312. The van der Waals surface area contributed by atoms with E-state index in [1.54, 1.807) is 0 Å². The first-order chi connectivity index (χ1) is 8.02. The van der Waals surface area contributed by atoms with Crippen LogP contribution in [0, 0.1) is 19.8 Å². The van der Waals surface area contributed by atoms with E-state index in [4.69, 9.17) is 5.73 Å². The molecule has 94 valence electrons. The maximum absolute atomic E-state index is 9.91. The highest BCUT2D eigenvalue weighted by atomic mass is 16.3. The fourth-order valence-corrected chi connectivity index (χ4v) is 2.73. The second kappa shape index (κ2) is 4.67. The van der Waals surface area contributed by atoms with Crippen molar-refractivity contribution in [2.45, 2.75) is 26.3 Å². The molecular formula is C14H22N2O. The number of rotatable bonds is 2. The zero-order chi connectivity index (χ0) is 12.6. The lowest BCUT2D eigenvalue weighted by atomic mass is 9.96. The Kier molecular flexibility index (Phi) is 3.40. The Bertz CT molecular complexity index is 394. The third-order valence-corrected chi connectivity index (χ3v) is 4.02. The number of phenolic OH excluding ortho intramolecular Hbond substituents is 1. The number of aromatic hydroxyl groups is 1. The van der Waals surface area contributed by atoms with E-state index in [0.717, 1.165) is 30.6 Å². The molecule has 0 radical (unpaired) electrons. The summed E-state index contributed by atoms with van der Waals surface area (Å²) >= 11 is 0. The van der Waals surface area contributed by atoms with Gasteiger partial charge < -0.3 is 10.8 Å². The Morgan fingerprint density at radius 1 is 1.41 bits per heavy atom. The largest absolute Gasteiger partial charge is 0.508 e. The summed E-state index contributed by atoms with van der Waals surface area (Å²) in [5.41, 5.74) is 9.09. The van der Waals surface area contributed by atoms with Gasteiger partial charge in [-0.25, -0.2) is 0 Å². The van der Waals surface area contributed by atoms with Gasteiger partial charge in [-0.15, -0.1) is 0 Å². The summed E-state index contributed by atoms with van der Waals surface area (Å²) in [6.07, 6.45) is 1.09. The Balaban J connectivity index is 2.29. The summed E-state index contributed by atoms with van der Waals surface area (Å²) in [7, 11) is 2.13. The van der Waals surface area contributed by atoms with Crippen LogP contribution in [0.3, 0.4) is 0 Å². The van der Waals surface area contributed by atoms with Crippen molar-refractivity contribution in [3.63, 3.8) is 0 Å². The molecule has 0 amide bonds. The van der Waals surface area contributed by atoms with E-state index in [2.05, 4.69) is 18.0 Å². The predicted octanol–water partition coefficient (Wildman–Crippen LogP) is 1.96. The number of nitrogens with zero attached hydrogens (tertiary/aromatic N) is 1. The highest BCUT2D eigenvalue weighted by Crippen LogP contribution is 2.36. The van der Waals surface area contributed by atoms with Crippen LogP contribution >= 0.6 is 0 Å². The number of hydrogen-bond acceptors (Lipinski definition) is 3. The molecule has 1 aliphatic heterocycles. The summed E-state index contributed by atoms with van der Waals surface area (Å²) in [6, 6.07) is 4.49. The minimum absolute atomic E-state index is 0.397. The molecule has 2 unspecified atom stereocenters. The van der Waals surface area contributed by atoms with Crippen LogP contribution in [0.1, 0.15) is 29.2 Å². The summed E-state index contributed by atoms with van der Waals surface area (Å²) in [6.45, 7) is 5.80. The monoisotopic (exact) mass is 234 g/mol. The van der Waals surface area contributed by atoms with Crippen LogP contribution in [0.5, 0.6) is 5.75 Å². The van der Waals surface area contributed by atoms with Crippen LogP contribution in [-0.2, 0) is 0 Å². The molecule has 2 rings (SSSR count). The molecule has 3 nitrogen and oxygen atoms in total. The second-order valence-electron chi connectivity index (χ2n) is 5.27. The lowest BCUT2D eigenvalue weighted by Gasteiger charge is -2.21. The quantitative estimate of drug-likeness (QED) is 0.822. The van der Waals surface area contributed by atoms with Gasteiger partial charge in [-0.1, -0.05) is 6.07 Å². The fourth-order valence-electron chi connectivity index (χ4n) is 2.73. The number of hydrogen-bond donors (Lipinski definition) is 2. The fraction of sp³-hybridized carbons (Fsp3) is 0.571. The first kappa shape index (κ1) is 12.4. The van der Waals surface area contributed by atoms with Gasteiger partial charge in [0, 0.05) is 12.6 Å². The lowest BCUT2D eigenvalue weighted by Crippen LogP contribution is -2.20. The van der Waals surface area contributed by atoms with E-state index in [9.17, 15) is 5.11 Å². The average Bonchev–Trinajstić information content (AvgIpc) is 2.67. The molecule has 17 heavy (non-hydrogen) atoms. The SMILES string of the molecule is Cc1cc(C2CC(CN)CN2C)cc(O)c1C. The number of benzene rings is 1. The van der Waals surface area contributed by atoms with Crippen molar-refractivity contribution in [1.82, 2.24) is 4.90 Å². The third kappa shape index (κ3) is 2.31. The van der Waals surface area contributed by atoms with Gasteiger partial charge in [0.25, 0.3) is 0 Å². The van der Waals surface area contributed by atoms with Gasteiger partial charge in [0.1, 0.15) is 5.75 Å². The minimum atomic E-state index is 0.397. The molecule has 3 heteroatoms. The first-order valence-corrected chi connectivity index (χ1v) is 6.23. The van der Waals surface area contributed by atoms with Crippen molar-refractivity contribution < 1.29 is 5.11 Å². The van der Waals surface area contributed by atoms with E-state index in [1.807, 2.05) is 19.9 Å². The molecule has 0 spiro atoms. The topological polar surface area (TPSA) is 49.5 Å². The first-order valence-electron chi connectivity index (χ1n) is 6.23. The second-order valence-corrected chi connectivity index (χ2v) is 5.27. The van der Waals surface area contributed by atoms with E-state index >= 15 is 0 Å². The maximum Gasteiger partial charge on any atom is 0.119 e. The van der Waals surface area contributed by atoms with Gasteiger partial charge in [-0.05, 0) is 62.5 Å². The van der Waals surface area contributed by atoms with Crippen LogP contribution < -0.4 is 5.73 Å². The summed E-state index contributed by atoms with van der Waals surface area (Å²) in [5, 5.41) is 9.91. The summed E-state index contributed by atoms with van der Waals surface area (Å²) < 4.78 is 0. The zero-order valence-corrected chi connectivity index (χ0v) is 10.9. The molecular weight excluding hydrogens is 212 g/mol. The Labute approximate surface area is 103 Å². The predicted molar refractivity (Wildman–Crippen MR) is 70.1 cm³/mol. The van der Waals surface area contributed by atoms with E-state index in [0.29, 0.717) is 17.7 Å². The Hall–Kier alpha value is -1.06. The third-order valence-electron chi connectivity index (χ3n) is 4.02. The van der Waals surface area contributed by atoms with Crippen LogP contribution in [0.4, 0.5) is 0 Å². The van der Waals surface area contributed by atoms with Crippen LogP contribution in [0.25, 0.3) is 0 Å². The zero-order valence-electron chi connectivity index (χ0n) is 10.9. The maximum atomic E-state index is 9.91. The van der Waals surface area contributed by atoms with E-state index < -0.39 is 0 Å². The van der Waals surface area contributed by atoms with Gasteiger partial charge in [-0.3, -0.25) is 4.90 Å². The molecule has 0 bridgehead atoms. The van der Waals surface area contributed by atoms with Crippen molar-refractivity contribution in [3.05, 3.63) is 28.8 Å². The number of likely N-dealkylation sites (tertiary alicyclic amines) is 1. The Morgan fingerprint density at radius 2 is 2.12 bits per heavy atom. The standard InChI is InChI=1S/C14H22N2O/c1-9-4-12(6-14(17)10(9)2)13-5-11(7-15)8-16(13)3/h4,6,11,13,17H,5,7-8,15H2,1-3H3. The minimum Gasteiger partial charge on any atom is -0.508 e. The van der Waals surface area contributed by atoms with Gasteiger partial charge in [0.2, 0.25) is 0 Å². The van der Waals surface area contributed by atoms with E-state index in [1.165, 1.54) is 5.56 Å². The average molecular weight is 234 g/mol. The molecule has 1 heterocycles. The summed E-state index contributed by atoms with van der Waals surface area (Å²) in [4.78, 5) is 2.33. The molecule has 1 saturated heterocycles. The molecule has 1 fully saturated rings. The molecule has 0 aromatic heterocycles. The molecule has 0 saturated carbocycles. The van der Waals surface area contributed by atoms with Gasteiger partial charge in [0.15, 0.2) is 0 Å². The van der Waals surface area contributed by atoms with Crippen LogP contribution in [-0.4, -0.2) is 30.1 Å². The van der Waals surface area contributed by atoms with Crippen molar-refractivity contribution in [3.8, 4) is 5.75 Å². The molecule has 1 aliphatic rings. The molecule has 1 aromatic carbocycles. The Morgan fingerprint density at radius 3 is 2.65 bits per heavy atom. The normalized spacial score (nSPS) is 25.4. The molecule has 3 N–H and O–H groups in total. The number of nitrogens with two attached hydrogens (primary N) is 1. The smallest absolute Gasteiger partial charge is 0.119 e. The van der Waals surface area contributed by atoms with E-state index in [-0.39, 0.29) is 0 Å². The number of aryl methyl sites for hydroxylation is 1. The molecule has 0 aliphatic carbocycles. The van der Waals surface area contributed by atoms with Gasteiger partial charge >= 0.3 is 0 Å². The number of phenols is 1. The summed E-state index contributed by atoms with van der Waals surface area (Å²) in [5.74, 6) is 0.985. The van der Waals surface area contributed by atoms with Crippen LogP contribution in [0.2, 0.25) is 0 Å². The van der Waals surface area contributed by atoms with Crippen LogP contribution in [0.15, 0.2) is 12.1 Å². The van der Waals surface area contributed by atoms with Gasteiger partial charge in [0.05, 0.1) is 0 Å².